The first kappa shape index (κ1) is 11.9. The van der Waals surface area contributed by atoms with Crippen molar-refractivity contribution < 1.29 is 4.79 Å². The van der Waals surface area contributed by atoms with Gasteiger partial charge in [0.05, 0.1) is 0 Å². The minimum Gasteiger partial charge on any atom is -0.370 e. The van der Waals surface area contributed by atoms with E-state index in [-0.39, 0.29) is 5.91 Å². The van der Waals surface area contributed by atoms with Crippen LogP contribution >= 0.6 is 0 Å². The quantitative estimate of drug-likeness (QED) is 0.790. The molecule has 0 aromatic carbocycles. The molecular weight excluding hydrogens is 214 g/mol. The molecule has 17 heavy (non-hydrogen) atoms. The van der Waals surface area contributed by atoms with E-state index in [2.05, 4.69) is 15.6 Å². The number of anilines is 1. The molecule has 0 aliphatic heterocycles. The van der Waals surface area contributed by atoms with E-state index in [1.165, 1.54) is 12.8 Å². The molecular formula is C13H19N3O. The van der Waals surface area contributed by atoms with Gasteiger partial charge in [-0.1, -0.05) is 18.9 Å². The van der Waals surface area contributed by atoms with E-state index in [0.717, 1.165) is 31.2 Å². The maximum Gasteiger partial charge on any atom is 0.269 e. The van der Waals surface area contributed by atoms with Gasteiger partial charge in [0.15, 0.2) is 0 Å². The number of carbonyl (C=O) groups is 1. The van der Waals surface area contributed by atoms with E-state index in [0.29, 0.717) is 5.69 Å². The molecule has 4 nitrogen and oxygen atoms in total. The Morgan fingerprint density at radius 1 is 1.47 bits per heavy atom. The second-order valence-electron chi connectivity index (χ2n) is 4.43. The average molecular weight is 233 g/mol. The van der Waals surface area contributed by atoms with Crippen LogP contribution in [0, 0.1) is 5.92 Å². The van der Waals surface area contributed by atoms with Crippen molar-refractivity contribution in [1.82, 2.24) is 10.3 Å². The topological polar surface area (TPSA) is 54.0 Å². The maximum atomic E-state index is 11.8. The molecule has 4 heteroatoms. The summed E-state index contributed by atoms with van der Waals surface area (Å²) in [6, 6.07) is 5.46. The first-order valence-electron chi connectivity index (χ1n) is 6.28. The second kappa shape index (κ2) is 5.66. The van der Waals surface area contributed by atoms with Crippen LogP contribution in [0.2, 0.25) is 0 Å². The van der Waals surface area contributed by atoms with E-state index >= 15 is 0 Å². The van der Waals surface area contributed by atoms with Crippen LogP contribution in [0.3, 0.4) is 0 Å². The normalized spacial score (nSPS) is 14.4. The SMILES string of the molecule is CCNc1cccc(C(=O)NCCC2CC2)n1. The molecule has 0 atom stereocenters. The van der Waals surface area contributed by atoms with Crippen LogP contribution in [-0.4, -0.2) is 24.0 Å². The molecule has 92 valence electrons. The Balaban J connectivity index is 1.85. The Morgan fingerprint density at radius 2 is 2.29 bits per heavy atom. The third kappa shape index (κ3) is 3.73. The molecule has 0 spiro atoms. The highest BCUT2D eigenvalue weighted by Crippen LogP contribution is 2.31. The lowest BCUT2D eigenvalue weighted by Crippen LogP contribution is -2.25. The lowest BCUT2D eigenvalue weighted by Gasteiger charge is -2.06. The van der Waals surface area contributed by atoms with Crippen LogP contribution in [-0.2, 0) is 0 Å². The zero-order valence-electron chi connectivity index (χ0n) is 10.2. The zero-order chi connectivity index (χ0) is 12.1. The number of rotatable bonds is 6. The summed E-state index contributed by atoms with van der Waals surface area (Å²) in [6.45, 7) is 3.57. The molecule has 1 aromatic rings. The molecule has 1 fully saturated rings. The number of amides is 1. The summed E-state index contributed by atoms with van der Waals surface area (Å²) in [7, 11) is 0. The number of nitrogens with one attached hydrogen (secondary N) is 2. The highest BCUT2D eigenvalue weighted by molar-refractivity contribution is 5.92. The molecule has 1 aliphatic carbocycles. The Kier molecular flexibility index (Phi) is 3.96. The van der Waals surface area contributed by atoms with Gasteiger partial charge < -0.3 is 10.6 Å². The van der Waals surface area contributed by atoms with E-state index in [1.807, 2.05) is 19.1 Å². The van der Waals surface area contributed by atoms with Crippen LogP contribution in [0.4, 0.5) is 5.82 Å². The van der Waals surface area contributed by atoms with Gasteiger partial charge in [-0.3, -0.25) is 4.79 Å². The number of pyridine rings is 1. The van der Waals surface area contributed by atoms with Crippen LogP contribution < -0.4 is 10.6 Å². The van der Waals surface area contributed by atoms with E-state index in [4.69, 9.17) is 0 Å². The maximum absolute atomic E-state index is 11.8. The molecule has 0 saturated heterocycles. The summed E-state index contributed by atoms with van der Waals surface area (Å²) in [5.74, 6) is 1.52. The van der Waals surface area contributed by atoms with Gasteiger partial charge in [0.2, 0.25) is 0 Å². The van der Waals surface area contributed by atoms with Gasteiger partial charge >= 0.3 is 0 Å². The average Bonchev–Trinajstić information content (AvgIpc) is 3.14. The number of hydrogen-bond acceptors (Lipinski definition) is 3. The number of hydrogen-bond donors (Lipinski definition) is 2. The lowest BCUT2D eigenvalue weighted by atomic mass is 10.3. The van der Waals surface area contributed by atoms with E-state index < -0.39 is 0 Å². The summed E-state index contributed by atoms with van der Waals surface area (Å²) in [5.41, 5.74) is 0.485. The standard InChI is InChI=1S/C13H19N3O/c1-2-14-12-5-3-4-11(16-12)13(17)15-9-8-10-6-7-10/h3-5,10H,2,6-9H2,1H3,(H,14,16)(H,15,17). The second-order valence-corrected chi connectivity index (χ2v) is 4.43. The first-order chi connectivity index (χ1) is 8.29. The summed E-state index contributed by atoms with van der Waals surface area (Å²) in [4.78, 5) is 16.1. The lowest BCUT2D eigenvalue weighted by molar-refractivity contribution is 0.0948. The molecule has 1 heterocycles. The fourth-order valence-electron chi connectivity index (χ4n) is 1.73. The van der Waals surface area contributed by atoms with E-state index in [1.54, 1.807) is 6.07 Å². The van der Waals surface area contributed by atoms with Crippen molar-refractivity contribution in [3.63, 3.8) is 0 Å². The van der Waals surface area contributed by atoms with Crippen molar-refractivity contribution in [1.29, 1.82) is 0 Å². The Bertz CT molecular complexity index is 388. The third-order valence-electron chi connectivity index (χ3n) is 2.87. The predicted octanol–water partition coefficient (Wildman–Crippen LogP) is 2.04. The van der Waals surface area contributed by atoms with Crippen LogP contribution in [0.25, 0.3) is 0 Å². The summed E-state index contributed by atoms with van der Waals surface area (Å²) < 4.78 is 0. The highest BCUT2D eigenvalue weighted by atomic mass is 16.1. The first-order valence-corrected chi connectivity index (χ1v) is 6.28. The van der Waals surface area contributed by atoms with Crippen molar-refractivity contribution in [2.24, 2.45) is 5.92 Å². The predicted molar refractivity (Wildman–Crippen MR) is 68.1 cm³/mol. The van der Waals surface area contributed by atoms with Crippen molar-refractivity contribution in [3.8, 4) is 0 Å². The van der Waals surface area contributed by atoms with Gasteiger partial charge in [-0.25, -0.2) is 4.98 Å². The van der Waals surface area contributed by atoms with Gasteiger partial charge in [-0.2, -0.15) is 0 Å². The van der Waals surface area contributed by atoms with Crippen molar-refractivity contribution in [3.05, 3.63) is 23.9 Å². The fourth-order valence-corrected chi connectivity index (χ4v) is 1.73. The summed E-state index contributed by atoms with van der Waals surface area (Å²) >= 11 is 0. The van der Waals surface area contributed by atoms with Crippen molar-refractivity contribution in [2.45, 2.75) is 26.2 Å². The highest BCUT2D eigenvalue weighted by Gasteiger charge is 2.20. The zero-order valence-corrected chi connectivity index (χ0v) is 10.2. The van der Waals surface area contributed by atoms with Gasteiger partial charge in [-0.05, 0) is 31.4 Å². The van der Waals surface area contributed by atoms with Gasteiger partial charge in [0.1, 0.15) is 11.5 Å². The van der Waals surface area contributed by atoms with Crippen molar-refractivity contribution >= 4 is 11.7 Å². The summed E-state index contributed by atoms with van der Waals surface area (Å²) in [5, 5.41) is 6.01. The molecule has 0 radical (unpaired) electrons. The molecule has 0 unspecified atom stereocenters. The van der Waals surface area contributed by atoms with E-state index in [9.17, 15) is 4.79 Å². The molecule has 2 rings (SSSR count). The molecule has 1 saturated carbocycles. The Morgan fingerprint density at radius 3 is 3.00 bits per heavy atom. The van der Waals surface area contributed by atoms with Crippen LogP contribution in [0.15, 0.2) is 18.2 Å². The van der Waals surface area contributed by atoms with Crippen LogP contribution in [0.5, 0.6) is 0 Å². The van der Waals surface area contributed by atoms with Gasteiger partial charge in [0, 0.05) is 13.1 Å². The number of nitrogens with zero attached hydrogens (tertiary/aromatic N) is 1. The Labute approximate surface area is 102 Å². The summed E-state index contributed by atoms with van der Waals surface area (Å²) in [6.07, 6.45) is 3.74. The largest absolute Gasteiger partial charge is 0.370 e. The molecule has 2 N–H and O–H groups in total. The minimum atomic E-state index is -0.0783. The molecule has 1 amide bonds. The monoisotopic (exact) mass is 233 g/mol. The smallest absolute Gasteiger partial charge is 0.269 e. The number of aromatic nitrogens is 1. The van der Waals surface area contributed by atoms with Gasteiger partial charge in [0.25, 0.3) is 5.91 Å². The minimum absolute atomic E-state index is 0.0783. The van der Waals surface area contributed by atoms with Crippen molar-refractivity contribution in [2.75, 3.05) is 18.4 Å². The fraction of sp³-hybridized carbons (Fsp3) is 0.538. The third-order valence-corrected chi connectivity index (χ3v) is 2.87. The molecule has 1 aromatic heterocycles. The van der Waals surface area contributed by atoms with Crippen LogP contribution in [0.1, 0.15) is 36.7 Å². The molecule has 1 aliphatic rings. The molecule has 0 bridgehead atoms. The Hall–Kier alpha value is -1.58. The van der Waals surface area contributed by atoms with Gasteiger partial charge in [-0.15, -0.1) is 0 Å². The number of carbonyl (C=O) groups excluding carboxylic acids is 1.